The van der Waals surface area contributed by atoms with Crippen molar-refractivity contribution in [2.45, 2.75) is 155 Å². The molecule has 7 nitrogen and oxygen atoms in total. The second-order valence-corrected chi connectivity index (χ2v) is 13.0. The summed E-state index contributed by atoms with van der Waals surface area (Å²) in [6.07, 6.45) is 25.8. The van der Waals surface area contributed by atoms with Crippen LogP contribution in [0.25, 0.3) is 0 Å². The number of piperidine rings is 1. The summed E-state index contributed by atoms with van der Waals surface area (Å²) in [4.78, 5) is 29.4. The lowest BCUT2D eigenvalue weighted by Gasteiger charge is -2.34. The fourth-order valence-electron chi connectivity index (χ4n) is 6.12. The van der Waals surface area contributed by atoms with Gasteiger partial charge in [0.05, 0.1) is 0 Å². The van der Waals surface area contributed by atoms with Gasteiger partial charge in [-0.15, -0.1) is 0 Å². The average molecular weight is 610 g/mol. The Labute approximate surface area is 266 Å². The molecular weight excluding hydrogens is 538 g/mol. The second kappa shape index (κ2) is 29.5. The summed E-state index contributed by atoms with van der Waals surface area (Å²) in [5.41, 5.74) is 5.74. The van der Waals surface area contributed by atoms with E-state index in [0.29, 0.717) is 51.6 Å². The standard InChI is InChI=1S/C36H71N3O4/c1-3-5-7-9-11-13-15-17-19-21-35(40)42-31-29-39(33-34-23-26-38(27-24-34)28-25-37)30-32-43-36(41)22-20-18-16-14-12-10-8-6-4-2/h34H,3-33,37H2,1-2H3. The van der Waals surface area contributed by atoms with Gasteiger partial charge in [-0.1, -0.05) is 117 Å². The molecule has 0 radical (unpaired) electrons. The molecule has 0 atom stereocenters. The first-order valence-electron chi connectivity index (χ1n) is 18.5. The molecule has 1 saturated heterocycles. The van der Waals surface area contributed by atoms with Crippen molar-refractivity contribution in [1.82, 2.24) is 9.80 Å². The van der Waals surface area contributed by atoms with Crippen LogP contribution < -0.4 is 5.73 Å². The number of ether oxygens (including phenoxy) is 2. The van der Waals surface area contributed by atoms with Crippen LogP contribution in [0.1, 0.15) is 155 Å². The third kappa shape index (κ3) is 24.8. The predicted molar refractivity (Wildman–Crippen MR) is 180 cm³/mol. The van der Waals surface area contributed by atoms with E-state index in [1.54, 1.807) is 0 Å². The van der Waals surface area contributed by atoms with E-state index < -0.39 is 0 Å². The van der Waals surface area contributed by atoms with Crippen molar-refractivity contribution in [2.24, 2.45) is 11.7 Å². The summed E-state index contributed by atoms with van der Waals surface area (Å²) in [7, 11) is 0. The molecule has 0 aromatic heterocycles. The summed E-state index contributed by atoms with van der Waals surface area (Å²) >= 11 is 0. The highest BCUT2D eigenvalue weighted by molar-refractivity contribution is 5.69. The lowest BCUT2D eigenvalue weighted by molar-refractivity contribution is -0.144. The number of carbonyl (C=O) groups excluding carboxylic acids is 2. The first-order chi connectivity index (χ1) is 21.1. The molecule has 1 aliphatic rings. The number of nitrogens with two attached hydrogens (primary N) is 1. The number of likely N-dealkylation sites (tertiary alicyclic amines) is 1. The number of esters is 2. The third-order valence-electron chi connectivity index (χ3n) is 8.98. The van der Waals surface area contributed by atoms with E-state index in [2.05, 4.69) is 23.6 Å². The van der Waals surface area contributed by atoms with Gasteiger partial charge in [-0.3, -0.25) is 14.5 Å². The van der Waals surface area contributed by atoms with E-state index in [1.165, 1.54) is 89.9 Å². The maximum absolute atomic E-state index is 12.3. The molecule has 0 saturated carbocycles. The summed E-state index contributed by atoms with van der Waals surface area (Å²) in [5.74, 6) is 0.458. The first-order valence-corrected chi connectivity index (χ1v) is 18.5. The van der Waals surface area contributed by atoms with Gasteiger partial charge in [-0.05, 0) is 44.7 Å². The van der Waals surface area contributed by atoms with E-state index in [9.17, 15) is 9.59 Å². The maximum atomic E-state index is 12.3. The minimum absolute atomic E-state index is 0.0784. The first kappa shape index (κ1) is 39.8. The fourth-order valence-corrected chi connectivity index (χ4v) is 6.12. The maximum Gasteiger partial charge on any atom is 0.305 e. The van der Waals surface area contributed by atoms with Crippen molar-refractivity contribution in [1.29, 1.82) is 0 Å². The number of rotatable bonds is 30. The Balaban J connectivity index is 2.25. The number of carbonyl (C=O) groups is 2. The van der Waals surface area contributed by atoms with Crippen molar-refractivity contribution >= 4 is 11.9 Å². The molecule has 2 N–H and O–H groups in total. The van der Waals surface area contributed by atoms with E-state index in [4.69, 9.17) is 15.2 Å². The predicted octanol–water partition coefficient (Wildman–Crippen LogP) is 7.89. The highest BCUT2D eigenvalue weighted by Gasteiger charge is 2.21. The molecule has 43 heavy (non-hydrogen) atoms. The van der Waals surface area contributed by atoms with Gasteiger partial charge in [0.25, 0.3) is 0 Å². The SMILES string of the molecule is CCCCCCCCCCCC(=O)OCCN(CCOC(=O)CCCCCCCCCCC)CC1CCN(CCN)CC1. The molecule has 0 unspecified atom stereocenters. The van der Waals surface area contributed by atoms with Crippen molar-refractivity contribution < 1.29 is 19.1 Å². The number of nitrogens with zero attached hydrogens (tertiary/aromatic N) is 2. The number of hydrogen-bond acceptors (Lipinski definition) is 7. The van der Waals surface area contributed by atoms with Gasteiger partial charge in [-0.25, -0.2) is 0 Å². The van der Waals surface area contributed by atoms with Crippen LogP contribution in [0.2, 0.25) is 0 Å². The van der Waals surface area contributed by atoms with Gasteiger partial charge in [0.15, 0.2) is 0 Å². The van der Waals surface area contributed by atoms with Crippen LogP contribution in [0.15, 0.2) is 0 Å². The van der Waals surface area contributed by atoms with Crippen LogP contribution in [-0.4, -0.2) is 80.8 Å². The van der Waals surface area contributed by atoms with Gasteiger partial charge in [0.2, 0.25) is 0 Å². The lowest BCUT2D eigenvalue weighted by atomic mass is 9.96. The Morgan fingerprint density at radius 2 is 1.05 bits per heavy atom. The van der Waals surface area contributed by atoms with Gasteiger partial charge >= 0.3 is 11.9 Å². The molecule has 1 aliphatic heterocycles. The van der Waals surface area contributed by atoms with Crippen molar-refractivity contribution in [3.8, 4) is 0 Å². The van der Waals surface area contributed by atoms with Crippen molar-refractivity contribution in [2.75, 3.05) is 59.0 Å². The molecule has 7 heteroatoms. The molecule has 0 aromatic rings. The van der Waals surface area contributed by atoms with Gasteiger partial charge in [0.1, 0.15) is 13.2 Å². The van der Waals surface area contributed by atoms with E-state index >= 15 is 0 Å². The number of unbranched alkanes of at least 4 members (excludes halogenated alkanes) is 16. The summed E-state index contributed by atoms with van der Waals surface area (Å²) < 4.78 is 11.2. The summed E-state index contributed by atoms with van der Waals surface area (Å²) in [6, 6.07) is 0. The van der Waals surface area contributed by atoms with Crippen LogP contribution in [0, 0.1) is 5.92 Å². The molecule has 1 fully saturated rings. The summed E-state index contributed by atoms with van der Waals surface area (Å²) in [5, 5.41) is 0. The highest BCUT2D eigenvalue weighted by Crippen LogP contribution is 2.18. The molecular formula is C36H71N3O4. The van der Waals surface area contributed by atoms with Gasteiger partial charge in [-0.2, -0.15) is 0 Å². The Morgan fingerprint density at radius 3 is 1.44 bits per heavy atom. The molecule has 1 rings (SSSR count). The smallest absolute Gasteiger partial charge is 0.305 e. The zero-order valence-corrected chi connectivity index (χ0v) is 28.6. The Bertz CT molecular complexity index is 600. The molecule has 0 aromatic carbocycles. The molecule has 0 bridgehead atoms. The van der Waals surface area contributed by atoms with Crippen LogP contribution >= 0.6 is 0 Å². The minimum atomic E-state index is -0.0784. The van der Waals surface area contributed by atoms with Crippen molar-refractivity contribution in [3.05, 3.63) is 0 Å². The number of hydrogen-bond donors (Lipinski definition) is 1. The molecule has 0 aliphatic carbocycles. The topological polar surface area (TPSA) is 85.1 Å². The van der Waals surface area contributed by atoms with Gasteiger partial charge in [0, 0.05) is 45.6 Å². The largest absolute Gasteiger partial charge is 0.464 e. The van der Waals surface area contributed by atoms with E-state index in [-0.39, 0.29) is 11.9 Å². The Kier molecular flexibility index (Phi) is 27.4. The minimum Gasteiger partial charge on any atom is -0.464 e. The van der Waals surface area contributed by atoms with Crippen molar-refractivity contribution in [3.63, 3.8) is 0 Å². The molecule has 0 spiro atoms. The van der Waals surface area contributed by atoms with E-state index in [1.807, 2.05) is 0 Å². The quantitative estimate of drug-likeness (QED) is 0.0655. The van der Waals surface area contributed by atoms with Crippen LogP contribution in [-0.2, 0) is 19.1 Å². The monoisotopic (exact) mass is 610 g/mol. The van der Waals surface area contributed by atoms with Crippen LogP contribution in [0.5, 0.6) is 0 Å². The second-order valence-electron chi connectivity index (χ2n) is 13.0. The normalized spacial score (nSPS) is 14.4. The van der Waals surface area contributed by atoms with Crippen LogP contribution in [0.3, 0.4) is 0 Å². The Morgan fingerprint density at radius 1 is 0.651 bits per heavy atom. The molecule has 1 heterocycles. The highest BCUT2D eigenvalue weighted by atomic mass is 16.5. The average Bonchev–Trinajstić information content (AvgIpc) is 3.00. The molecule has 0 amide bonds. The van der Waals surface area contributed by atoms with Gasteiger partial charge < -0.3 is 20.1 Å². The van der Waals surface area contributed by atoms with Crippen LogP contribution in [0.4, 0.5) is 0 Å². The fraction of sp³-hybridized carbons (Fsp3) is 0.944. The third-order valence-corrected chi connectivity index (χ3v) is 8.98. The Hall–Kier alpha value is -1.18. The summed E-state index contributed by atoms with van der Waals surface area (Å²) in [6.45, 7) is 11.6. The van der Waals surface area contributed by atoms with E-state index in [0.717, 1.165) is 64.7 Å². The zero-order valence-electron chi connectivity index (χ0n) is 28.6. The molecule has 254 valence electrons. The lowest BCUT2D eigenvalue weighted by Crippen LogP contribution is -2.42. The zero-order chi connectivity index (χ0) is 31.2.